The quantitative estimate of drug-likeness (QED) is 0.159. The van der Waals surface area contributed by atoms with Gasteiger partial charge in [-0.15, -0.1) is 0 Å². The van der Waals surface area contributed by atoms with Crippen LogP contribution in [0.15, 0.2) is 425 Å². The maximum absolute atomic E-state index is 6.49. The van der Waals surface area contributed by atoms with Crippen molar-refractivity contribution in [2.45, 2.75) is 10.8 Å². The fourth-order valence-corrected chi connectivity index (χ4v) is 22.2. The van der Waals surface area contributed by atoms with Gasteiger partial charge in [-0.25, -0.2) is 9.97 Å². The van der Waals surface area contributed by atoms with Gasteiger partial charge < -0.3 is 15.5 Å². The Balaban J connectivity index is 0.000000118. The minimum absolute atomic E-state index is 0. The van der Waals surface area contributed by atoms with Gasteiger partial charge in [0.1, 0.15) is 0 Å². The summed E-state index contributed by atoms with van der Waals surface area (Å²) in [6.07, 6.45) is 0. The van der Waals surface area contributed by atoms with Crippen LogP contribution in [0.4, 0.5) is 0 Å². The summed E-state index contributed by atoms with van der Waals surface area (Å²) in [6, 6.07) is 151. The first kappa shape index (κ1) is 75.0. The summed E-state index contributed by atoms with van der Waals surface area (Å²) in [7, 11) is 0. The number of hydrogen-bond acceptors (Lipinski definition) is 6. The Morgan fingerprint density at radius 2 is 0.523 bits per heavy atom. The van der Waals surface area contributed by atoms with Gasteiger partial charge in [-0.05, 0) is 173 Å². The van der Waals surface area contributed by atoms with Gasteiger partial charge in [0, 0.05) is 87.8 Å². The molecule has 10 nitrogen and oxygen atoms in total. The van der Waals surface area contributed by atoms with E-state index in [1.165, 1.54) is 149 Å². The second-order valence-corrected chi connectivity index (χ2v) is 33.5. The normalized spacial score (nSPS) is 12.9. The number of hydrogen-bond donors (Lipinski definition) is 1. The van der Waals surface area contributed by atoms with Crippen molar-refractivity contribution >= 4 is 98.8 Å². The molecule has 4 aliphatic carbocycles. The van der Waals surface area contributed by atoms with Crippen LogP contribution in [0.1, 0.15) is 45.9 Å². The molecule has 0 unspecified atom stereocenters. The van der Waals surface area contributed by atoms with Gasteiger partial charge in [0.05, 0.1) is 43.9 Å². The monoisotopic (exact) mass is 1660 g/mol. The van der Waals surface area contributed by atoms with Crippen LogP contribution < -0.4 is 29.6 Å². The summed E-state index contributed by atoms with van der Waals surface area (Å²) in [4.78, 5) is 33.9. The third-order valence-corrected chi connectivity index (χ3v) is 27.0. The zero-order valence-electron chi connectivity index (χ0n) is 70.3. The number of aromatic nitrogens is 10. The number of rotatable bonds is 7. The van der Waals surface area contributed by atoms with Crippen LogP contribution in [0.2, 0.25) is 5.28 Å². The van der Waals surface area contributed by atoms with Crippen molar-refractivity contribution in [1.82, 2.24) is 48.6 Å². The first-order valence-electron chi connectivity index (χ1n) is 43.1. The van der Waals surface area contributed by atoms with Crippen LogP contribution in [0, 0.1) is 0 Å². The van der Waals surface area contributed by atoms with Crippen molar-refractivity contribution in [2.75, 3.05) is 0 Å². The molecule has 1 N–H and O–H groups in total. The Morgan fingerprint density at radius 3 is 0.977 bits per heavy atom. The molecule has 28 rings (SSSR count). The summed E-state index contributed by atoms with van der Waals surface area (Å²) in [5.74, 6) is 2.97. The smallest absolute Gasteiger partial charge is 1.00 e. The predicted molar refractivity (Wildman–Crippen MR) is 519 cm³/mol. The van der Waals surface area contributed by atoms with Crippen LogP contribution in [-0.2, 0) is 10.8 Å². The summed E-state index contributed by atoms with van der Waals surface area (Å²) >= 11 is 6.49. The van der Waals surface area contributed by atoms with E-state index in [9.17, 15) is 0 Å². The molecule has 24 aromatic rings. The Hall–Kier alpha value is -15.5. The van der Waals surface area contributed by atoms with Gasteiger partial charge in [-0.3, -0.25) is 4.57 Å². The molecule has 594 valence electrons. The van der Waals surface area contributed by atoms with E-state index < -0.39 is 10.8 Å². The van der Waals surface area contributed by atoms with E-state index in [1.54, 1.807) is 0 Å². The number of para-hydroxylation sites is 6. The van der Waals surface area contributed by atoms with Crippen molar-refractivity contribution in [3.8, 4) is 107 Å². The molecule has 0 atom stereocenters. The number of nitrogens with zero attached hydrogens (tertiary/aromatic N) is 9. The molecule has 0 saturated heterocycles. The molecule has 0 saturated carbocycles. The molecule has 6 aromatic heterocycles. The molecule has 12 heteroatoms. The number of halogens is 1. The third-order valence-electron chi connectivity index (χ3n) is 26.8. The Bertz CT molecular complexity index is 8610. The molecule has 0 fully saturated rings. The van der Waals surface area contributed by atoms with Crippen LogP contribution in [0.3, 0.4) is 0 Å². The van der Waals surface area contributed by atoms with Crippen molar-refractivity contribution < 1.29 is 31.0 Å². The average molecular weight is 1660 g/mol. The SMILES string of the molecule is Clc1nc(-c2ccccc2)nc(-c2cccc3c2-c2ccccc2C32c3ccccc3-c3ccccc32)n1.[H-].[Na+].c1ccc(-c2nc(-c3cccc4c3-c3ccccc3C43c4ccccc4-c4ccccc43)nc(-n3c4ccccc4c4c5c6ccccc6n(-c6ccccc6)c5ccc43)n2)cc1.c1ccc(-n2c3ccccc3c3c4c(ccc32)[nH]c2ccccc24)cc1. The van der Waals surface area contributed by atoms with E-state index in [0.717, 1.165) is 61.0 Å². The van der Waals surface area contributed by atoms with E-state index in [4.69, 9.17) is 31.5 Å². The Kier molecular flexibility index (Phi) is 17.3. The number of H-pyrrole nitrogens is 1. The average Bonchev–Trinajstić information content (AvgIpc) is 1.51. The first-order valence-corrected chi connectivity index (χ1v) is 43.5. The van der Waals surface area contributed by atoms with Gasteiger partial charge in [-0.1, -0.05) is 352 Å². The minimum Gasteiger partial charge on any atom is -1.00 e. The Labute approximate surface area is 764 Å². The van der Waals surface area contributed by atoms with Gasteiger partial charge in [-0.2, -0.15) is 19.9 Å². The molecule has 0 bridgehead atoms. The fraction of sp³-hybridized carbons (Fsp3) is 0.0172. The van der Waals surface area contributed by atoms with E-state index in [2.05, 4.69) is 405 Å². The predicted octanol–water partition coefficient (Wildman–Crippen LogP) is 25.5. The molecule has 4 aliphatic rings. The zero-order chi connectivity index (χ0) is 83.6. The van der Waals surface area contributed by atoms with Crippen LogP contribution in [0.5, 0.6) is 0 Å². The van der Waals surface area contributed by atoms with Crippen LogP contribution in [0.25, 0.3) is 195 Å². The second kappa shape index (κ2) is 29.6. The summed E-state index contributed by atoms with van der Waals surface area (Å²) in [5, 5.41) is 10.1. The van der Waals surface area contributed by atoms with Gasteiger partial charge >= 0.3 is 29.6 Å². The number of fused-ring (bicyclic) bond motifs is 34. The number of benzene rings is 18. The van der Waals surface area contributed by atoms with Gasteiger partial charge in [0.25, 0.3) is 0 Å². The van der Waals surface area contributed by atoms with E-state index in [0.29, 0.717) is 29.2 Å². The van der Waals surface area contributed by atoms with Crippen LogP contribution in [-0.4, -0.2) is 48.6 Å². The summed E-state index contributed by atoms with van der Waals surface area (Å²) in [6.45, 7) is 0. The van der Waals surface area contributed by atoms with Gasteiger partial charge in [0.2, 0.25) is 11.2 Å². The topological polar surface area (TPSA) is 108 Å². The molecule has 0 amide bonds. The third kappa shape index (κ3) is 10.9. The van der Waals surface area contributed by atoms with Crippen molar-refractivity contribution in [3.05, 3.63) is 474 Å². The summed E-state index contributed by atoms with van der Waals surface area (Å²) in [5.41, 5.74) is 34.6. The zero-order valence-corrected chi connectivity index (χ0v) is 72.1. The molecule has 0 aliphatic heterocycles. The Morgan fingerprint density at radius 1 is 0.219 bits per heavy atom. The van der Waals surface area contributed by atoms with Gasteiger partial charge in [0.15, 0.2) is 23.3 Å². The molecule has 2 spiro atoms. The maximum Gasteiger partial charge on any atom is 1.00 e. The number of aromatic amines is 1. The van der Waals surface area contributed by atoms with E-state index in [-0.39, 0.29) is 36.3 Å². The minimum atomic E-state index is -0.482. The number of nitrogens with one attached hydrogen (secondary N) is 1. The molecular weight excluding hydrogens is 1590 g/mol. The summed E-state index contributed by atoms with van der Waals surface area (Å²) < 4.78 is 7.00. The van der Waals surface area contributed by atoms with Crippen molar-refractivity contribution in [3.63, 3.8) is 0 Å². The van der Waals surface area contributed by atoms with E-state index >= 15 is 0 Å². The molecule has 128 heavy (non-hydrogen) atoms. The maximum atomic E-state index is 6.49. The molecule has 0 radical (unpaired) electrons. The van der Waals surface area contributed by atoms with Crippen molar-refractivity contribution in [2.24, 2.45) is 0 Å². The largest absolute Gasteiger partial charge is 1.00 e. The van der Waals surface area contributed by atoms with Crippen LogP contribution >= 0.6 is 11.6 Å². The second-order valence-electron chi connectivity index (χ2n) is 33.1. The standard InChI is InChI=1S/C58H35N5.C34H20ClN3.C24H16N2.Na.H/c1-3-18-36(19-4-1)55-59-56(43-27-17-31-47-52(43)40-24-9-14-30-46(40)58(47)44-28-12-7-22-38(44)39-23-8-13-29-45(39)58)61-57(60-55)63-49-33-16-11-26-42(49)54-51(63)35-34-50-53(54)41-25-10-15-32-48(41)62(50)37-20-5-2-6-21-37;35-33-37-31(21-11-2-1-3-12-21)36-32(38-33)25-16-10-20-29-30(25)24-15-6-9-19-28(24)34(29)26-17-7-4-13-22(26)23-14-5-8-18-27(23)34;1-2-8-16(9-3-1)26-21-13-7-5-11-18(21)24-22(26)15-14-20-23(24)17-10-4-6-12-19(17)25-20;;/h1-35H;1-20H;1-15,25H;;/q;;;+1;-1. The fourth-order valence-electron chi connectivity index (χ4n) is 22.0. The molecule has 6 heterocycles. The molecular formula is C116H72ClN10Na. The van der Waals surface area contributed by atoms with E-state index in [1.807, 2.05) is 48.5 Å². The first-order chi connectivity index (χ1) is 63.0. The molecule has 18 aromatic carbocycles. The van der Waals surface area contributed by atoms with Crippen molar-refractivity contribution in [1.29, 1.82) is 0 Å².